The van der Waals surface area contributed by atoms with Crippen LogP contribution in [0.25, 0.3) is 22.6 Å². The third-order valence-corrected chi connectivity index (χ3v) is 4.07. The maximum atomic E-state index is 10.2. The van der Waals surface area contributed by atoms with E-state index in [1.165, 1.54) is 0 Å². The van der Waals surface area contributed by atoms with E-state index in [1.54, 1.807) is 12.1 Å². The van der Waals surface area contributed by atoms with Crippen molar-refractivity contribution in [1.29, 1.82) is 0 Å². The van der Waals surface area contributed by atoms with E-state index >= 15 is 0 Å². The van der Waals surface area contributed by atoms with Crippen LogP contribution in [0.3, 0.4) is 0 Å². The first-order chi connectivity index (χ1) is 10.1. The van der Waals surface area contributed by atoms with Gasteiger partial charge < -0.3 is 9.63 Å². The Morgan fingerprint density at radius 1 is 1.19 bits per heavy atom. The molecule has 3 nitrogen and oxygen atoms in total. The Balaban J connectivity index is 2.16. The van der Waals surface area contributed by atoms with E-state index in [9.17, 15) is 5.11 Å². The first-order valence-corrected chi connectivity index (χ1v) is 7.45. The van der Waals surface area contributed by atoms with Gasteiger partial charge in [0.25, 0.3) is 0 Å². The number of hydrogen-bond donors (Lipinski definition) is 1. The van der Waals surface area contributed by atoms with E-state index < -0.39 is 0 Å². The number of hydrogen-bond acceptors (Lipinski definition) is 3. The third-order valence-electron chi connectivity index (χ3n) is 3.24. The number of aromatic hydroxyl groups is 1. The average Bonchev–Trinajstić information content (AvgIpc) is 2.85. The Labute approximate surface area is 135 Å². The van der Waals surface area contributed by atoms with Crippen LogP contribution >= 0.6 is 27.5 Å². The second kappa shape index (κ2) is 5.54. The lowest BCUT2D eigenvalue weighted by Crippen LogP contribution is -1.83. The molecule has 1 N–H and O–H groups in total. The number of nitrogens with zero attached hydrogens (tertiary/aromatic N) is 1. The quantitative estimate of drug-likeness (QED) is 0.658. The van der Waals surface area contributed by atoms with Crippen LogP contribution in [0.5, 0.6) is 5.75 Å². The molecule has 0 bridgehead atoms. The van der Waals surface area contributed by atoms with E-state index in [-0.39, 0.29) is 5.75 Å². The van der Waals surface area contributed by atoms with Crippen LogP contribution in [0.2, 0.25) is 5.02 Å². The summed E-state index contributed by atoms with van der Waals surface area (Å²) in [7, 11) is 0. The first kappa shape index (κ1) is 14.2. The monoisotopic (exact) mass is 363 g/mol. The zero-order valence-electron chi connectivity index (χ0n) is 11.1. The van der Waals surface area contributed by atoms with Crippen LogP contribution < -0.4 is 0 Å². The molecule has 0 atom stereocenters. The minimum Gasteiger partial charge on any atom is -0.506 e. The molecule has 0 amide bonds. The lowest BCUT2D eigenvalue weighted by molar-refractivity contribution is 0.427. The van der Waals surface area contributed by atoms with Crippen molar-refractivity contribution < 1.29 is 9.63 Å². The standard InChI is InChI=1S/C16H11BrClNO2/c1-9-14(10-5-3-2-4-6-10)19-21-16(9)12-7-11(18)8-13(17)15(12)20/h2-8,20H,1H3. The number of benzene rings is 2. The smallest absolute Gasteiger partial charge is 0.174 e. The van der Waals surface area contributed by atoms with Crippen molar-refractivity contribution in [2.24, 2.45) is 0 Å². The average molecular weight is 365 g/mol. The van der Waals surface area contributed by atoms with Crippen LogP contribution in [-0.4, -0.2) is 10.3 Å². The van der Waals surface area contributed by atoms with Crippen molar-refractivity contribution in [2.45, 2.75) is 6.92 Å². The van der Waals surface area contributed by atoms with Crippen molar-refractivity contribution in [2.75, 3.05) is 0 Å². The van der Waals surface area contributed by atoms with Crippen molar-refractivity contribution in [3.8, 4) is 28.3 Å². The molecule has 0 aliphatic carbocycles. The maximum Gasteiger partial charge on any atom is 0.174 e. The molecule has 0 saturated heterocycles. The summed E-state index contributed by atoms with van der Waals surface area (Å²) in [4.78, 5) is 0. The van der Waals surface area contributed by atoms with Gasteiger partial charge in [0, 0.05) is 16.1 Å². The molecule has 0 fully saturated rings. The minimum absolute atomic E-state index is 0.0817. The summed E-state index contributed by atoms with van der Waals surface area (Å²) in [6.45, 7) is 1.91. The molecule has 0 spiro atoms. The zero-order chi connectivity index (χ0) is 15.0. The SMILES string of the molecule is Cc1c(-c2ccccc2)noc1-c1cc(Cl)cc(Br)c1O. The Morgan fingerprint density at radius 2 is 1.90 bits per heavy atom. The van der Waals surface area contributed by atoms with E-state index in [2.05, 4.69) is 21.1 Å². The number of phenolic OH excluding ortho intramolecular Hbond substituents is 1. The summed E-state index contributed by atoms with van der Waals surface area (Å²) < 4.78 is 5.95. The Morgan fingerprint density at radius 3 is 2.62 bits per heavy atom. The first-order valence-electron chi connectivity index (χ1n) is 6.28. The van der Waals surface area contributed by atoms with Gasteiger partial charge in [0.1, 0.15) is 11.4 Å². The molecule has 1 aromatic heterocycles. The van der Waals surface area contributed by atoms with Gasteiger partial charge >= 0.3 is 0 Å². The van der Waals surface area contributed by atoms with E-state index in [1.807, 2.05) is 37.3 Å². The van der Waals surface area contributed by atoms with Crippen molar-refractivity contribution in [3.05, 3.63) is 57.5 Å². The molecule has 0 unspecified atom stereocenters. The van der Waals surface area contributed by atoms with Gasteiger partial charge in [0.15, 0.2) is 5.76 Å². The van der Waals surface area contributed by atoms with E-state index in [0.29, 0.717) is 20.8 Å². The second-order valence-corrected chi connectivity index (χ2v) is 5.93. The highest BCUT2D eigenvalue weighted by Crippen LogP contribution is 2.41. The molecule has 1 heterocycles. The van der Waals surface area contributed by atoms with E-state index in [0.717, 1.165) is 16.8 Å². The van der Waals surface area contributed by atoms with Crippen LogP contribution in [0.1, 0.15) is 5.56 Å². The van der Waals surface area contributed by atoms with Gasteiger partial charge in [-0.05, 0) is 35.0 Å². The Hall–Kier alpha value is -1.78. The fourth-order valence-corrected chi connectivity index (χ4v) is 3.00. The van der Waals surface area contributed by atoms with Gasteiger partial charge in [-0.3, -0.25) is 0 Å². The fraction of sp³-hybridized carbons (Fsp3) is 0.0625. The summed E-state index contributed by atoms with van der Waals surface area (Å²) in [6.07, 6.45) is 0. The third kappa shape index (κ3) is 2.57. The van der Waals surface area contributed by atoms with Crippen molar-refractivity contribution in [3.63, 3.8) is 0 Å². The largest absolute Gasteiger partial charge is 0.506 e. The van der Waals surface area contributed by atoms with Crippen LogP contribution in [0, 0.1) is 6.92 Å². The normalized spacial score (nSPS) is 10.8. The molecule has 0 aliphatic heterocycles. The number of halogens is 2. The highest BCUT2D eigenvalue weighted by Gasteiger charge is 2.19. The highest BCUT2D eigenvalue weighted by atomic mass is 79.9. The predicted molar refractivity (Wildman–Crippen MR) is 86.5 cm³/mol. The van der Waals surface area contributed by atoms with Crippen LogP contribution in [-0.2, 0) is 0 Å². The summed E-state index contributed by atoms with van der Waals surface area (Å²) >= 11 is 9.32. The van der Waals surface area contributed by atoms with Gasteiger partial charge in [-0.2, -0.15) is 0 Å². The molecular formula is C16H11BrClNO2. The number of phenols is 1. The minimum atomic E-state index is 0.0817. The highest BCUT2D eigenvalue weighted by molar-refractivity contribution is 9.10. The lowest BCUT2D eigenvalue weighted by Gasteiger charge is -2.05. The molecule has 21 heavy (non-hydrogen) atoms. The number of rotatable bonds is 2. The summed E-state index contributed by atoms with van der Waals surface area (Å²) in [6, 6.07) is 13.0. The van der Waals surface area contributed by atoms with Gasteiger partial charge in [0.05, 0.1) is 10.0 Å². The molecular weight excluding hydrogens is 354 g/mol. The topological polar surface area (TPSA) is 46.3 Å². The Bertz CT molecular complexity index is 800. The van der Waals surface area contributed by atoms with Crippen LogP contribution in [0.15, 0.2) is 51.5 Å². The van der Waals surface area contributed by atoms with Gasteiger partial charge in [-0.1, -0.05) is 47.1 Å². The van der Waals surface area contributed by atoms with Gasteiger partial charge in [0.2, 0.25) is 0 Å². The summed E-state index contributed by atoms with van der Waals surface area (Å²) in [5.74, 6) is 0.591. The second-order valence-electron chi connectivity index (χ2n) is 4.64. The molecule has 0 saturated carbocycles. The molecule has 5 heteroatoms. The van der Waals surface area contributed by atoms with E-state index in [4.69, 9.17) is 16.1 Å². The number of aromatic nitrogens is 1. The van der Waals surface area contributed by atoms with Crippen molar-refractivity contribution in [1.82, 2.24) is 5.16 Å². The fourth-order valence-electron chi connectivity index (χ4n) is 2.19. The molecule has 3 aromatic rings. The van der Waals surface area contributed by atoms with Gasteiger partial charge in [-0.15, -0.1) is 0 Å². The van der Waals surface area contributed by atoms with Gasteiger partial charge in [-0.25, -0.2) is 0 Å². The molecule has 106 valence electrons. The zero-order valence-corrected chi connectivity index (χ0v) is 13.4. The summed E-state index contributed by atoms with van der Waals surface area (Å²) in [5.41, 5.74) is 3.08. The van der Waals surface area contributed by atoms with Crippen molar-refractivity contribution >= 4 is 27.5 Å². The molecule has 2 aromatic carbocycles. The molecule has 3 rings (SSSR count). The molecule has 0 aliphatic rings. The van der Waals surface area contributed by atoms with Crippen LogP contribution in [0.4, 0.5) is 0 Å². The molecule has 0 radical (unpaired) electrons. The Kier molecular flexibility index (Phi) is 3.74. The lowest BCUT2D eigenvalue weighted by atomic mass is 10.0. The predicted octanol–water partition coefficient (Wildman–Crippen LogP) is 5.44. The summed E-state index contributed by atoms with van der Waals surface area (Å²) in [5, 5.41) is 14.8. The maximum absolute atomic E-state index is 10.2.